The fraction of sp³-hybridized carbons (Fsp3) is 0.348. The molecule has 31 heavy (non-hydrogen) atoms. The average Bonchev–Trinajstić information content (AvgIpc) is 3.13. The van der Waals surface area contributed by atoms with Crippen LogP contribution in [0.15, 0.2) is 59.1 Å². The van der Waals surface area contributed by atoms with Gasteiger partial charge in [-0.3, -0.25) is 9.69 Å². The molecule has 0 N–H and O–H groups in total. The smallest absolute Gasteiger partial charge is 0.257 e. The fourth-order valence-corrected chi connectivity index (χ4v) is 3.56. The summed E-state index contributed by atoms with van der Waals surface area (Å²) in [4.78, 5) is 21.1. The van der Waals surface area contributed by atoms with Gasteiger partial charge in [0, 0.05) is 31.7 Å². The van der Waals surface area contributed by atoms with Crippen LogP contribution in [0.2, 0.25) is 0 Å². The molecular formula is C23H25FN4O3. The summed E-state index contributed by atoms with van der Waals surface area (Å²) in [5.41, 5.74) is 0.895. The first-order valence-corrected chi connectivity index (χ1v) is 10.4. The topological polar surface area (TPSA) is 71.7 Å². The van der Waals surface area contributed by atoms with E-state index in [0.29, 0.717) is 31.3 Å². The Balaban J connectivity index is 1.24. The van der Waals surface area contributed by atoms with Crippen molar-refractivity contribution < 1.29 is 18.4 Å². The highest BCUT2D eigenvalue weighted by Crippen LogP contribution is 2.18. The van der Waals surface area contributed by atoms with Crippen molar-refractivity contribution in [3.05, 3.63) is 66.2 Å². The number of ether oxygens (including phenoxy) is 1. The van der Waals surface area contributed by atoms with E-state index in [-0.39, 0.29) is 24.7 Å². The van der Waals surface area contributed by atoms with Gasteiger partial charge in [0.1, 0.15) is 0 Å². The zero-order chi connectivity index (χ0) is 21.5. The molecule has 162 valence electrons. The van der Waals surface area contributed by atoms with E-state index in [1.807, 2.05) is 35.2 Å². The van der Waals surface area contributed by atoms with Gasteiger partial charge in [-0.1, -0.05) is 35.5 Å². The number of benzene rings is 2. The van der Waals surface area contributed by atoms with Crippen LogP contribution in [0.25, 0.3) is 11.5 Å². The van der Waals surface area contributed by atoms with E-state index < -0.39 is 5.82 Å². The number of para-hydroxylation sites is 1. The summed E-state index contributed by atoms with van der Waals surface area (Å²) in [6.45, 7) is 3.64. The Morgan fingerprint density at radius 1 is 1.03 bits per heavy atom. The molecule has 3 aromatic rings. The zero-order valence-corrected chi connectivity index (χ0v) is 17.2. The first-order valence-electron chi connectivity index (χ1n) is 10.4. The Morgan fingerprint density at radius 2 is 1.84 bits per heavy atom. The Bertz CT molecular complexity index is 995. The van der Waals surface area contributed by atoms with E-state index in [1.165, 1.54) is 6.07 Å². The Morgan fingerprint density at radius 3 is 2.68 bits per heavy atom. The van der Waals surface area contributed by atoms with E-state index in [1.54, 1.807) is 18.2 Å². The summed E-state index contributed by atoms with van der Waals surface area (Å²) in [7, 11) is 0. The Hall–Kier alpha value is -3.26. The summed E-state index contributed by atoms with van der Waals surface area (Å²) in [6.07, 6.45) is 1.09. The predicted molar refractivity (Wildman–Crippen MR) is 113 cm³/mol. The molecule has 1 fully saturated rings. The minimum absolute atomic E-state index is 0.0177. The first-order chi connectivity index (χ1) is 15.2. The normalized spacial score (nSPS) is 14.9. The van der Waals surface area contributed by atoms with E-state index in [2.05, 4.69) is 15.0 Å². The van der Waals surface area contributed by atoms with Gasteiger partial charge in [-0.15, -0.1) is 0 Å². The summed E-state index contributed by atoms with van der Waals surface area (Å²) in [6, 6.07) is 15.9. The molecule has 8 heteroatoms. The van der Waals surface area contributed by atoms with Crippen LogP contribution >= 0.6 is 0 Å². The van der Waals surface area contributed by atoms with Gasteiger partial charge in [0.15, 0.2) is 17.4 Å². The van der Waals surface area contributed by atoms with Crippen molar-refractivity contribution in [1.82, 2.24) is 19.9 Å². The average molecular weight is 424 g/mol. The van der Waals surface area contributed by atoms with Crippen LogP contribution in [0.5, 0.6) is 5.75 Å². The molecular weight excluding hydrogens is 399 g/mol. The van der Waals surface area contributed by atoms with Crippen LogP contribution in [-0.4, -0.2) is 58.6 Å². The van der Waals surface area contributed by atoms with Gasteiger partial charge in [0.25, 0.3) is 5.89 Å². The van der Waals surface area contributed by atoms with Gasteiger partial charge < -0.3 is 14.2 Å². The second-order valence-electron chi connectivity index (χ2n) is 7.42. The van der Waals surface area contributed by atoms with Crippen LogP contribution in [-0.2, 0) is 11.3 Å². The molecule has 2 aromatic carbocycles. The third-order valence-corrected chi connectivity index (χ3v) is 5.21. The molecule has 0 unspecified atom stereocenters. The van der Waals surface area contributed by atoms with Gasteiger partial charge in [-0.2, -0.15) is 4.98 Å². The third-order valence-electron chi connectivity index (χ3n) is 5.21. The molecule has 1 aliphatic heterocycles. The van der Waals surface area contributed by atoms with Gasteiger partial charge in [-0.25, -0.2) is 4.39 Å². The zero-order valence-electron chi connectivity index (χ0n) is 17.2. The minimum atomic E-state index is -0.419. The minimum Gasteiger partial charge on any atom is -0.490 e. The number of carbonyl (C=O) groups excluding carboxylic acids is 1. The number of rotatable bonds is 7. The molecule has 0 aliphatic carbocycles. The van der Waals surface area contributed by atoms with Crippen LogP contribution in [0.4, 0.5) is 4.39 Å². The second-order valence-corrected chi connectivity index (χ2v) is 7.42. The number of hydrogen-bond donors (Lipinski definition) is 0. The summed E-state index contributed by atoms with van der Waals surface area (Å²) < 4.78 is 24.4. The monoisotopic (exact) mass is 424 g/mol. The molecule has 2 heterocycles. The van der Waals surface area contributed by atoms with Crippen molar-refractivity contribution in [3.63, 3.8) is 0 Å². The molecule has 0 spiro atoms. The third kappa shape index (κ3) is 5.67. The summed E-state index contributed by atoms with van der Waals surface area (Å²) in [5.74, 6) is 0.919. The van der Waals surface area contributed by atoms with Gasteiger partial charge in [0.05, 0.1) is 19.6 Å². The maximum absolute atomic E-state index is 13.6. The van der Waals surface area contributed by atoms with Crippen molar-refractivity contribution in [2.45, 2.75) is 19.4 Å². The number of carbonyl (C=O) groups is 1. The molecule has 1 saturated heterocycles. The Labute approximate surface area is 180 Å². The van der Waals surface area contributed by atoms with Gasteiger partial charge >= 0.3 is 0 Å². The highest BCUT2D eigenvalue weighted by molar-refractivity contribution is 5.76. The maximum Gasteiger partial charge on any atom is 0.257 e. The molecule has 1 aromatic heterocycles. The predicted octanol–water partition coefficient (Wildman–Crippen LogP) is 3.38. The molecule has 1 amide bonds. The maximum atomic E-state index is 13.6. The standard InChI is InChI=1S/C23H25FN4O3/c24-19-9-4-5-10-20(19)30-16-11-22(29)28-13-6-12-27(14-15-28)17-21-25-23(31-26-21)18-7-2-1-3-8-18/h1-5,7-10H,6,11-17H2. The molecule has 1 aliphatic rings. The van der Waals surface area contributed by atoms with Crippen molar-refractivity contribution >= 4 is 5.91 Å². The SMILES string of the molecule is O=C(CCOc1ccccc1F)N1CCCN(Cc2noc(-c3ccccc3)n2)CC1. The van der Waals surface area contributed by atoms with E-state index in [0.717, 1.165) is 25.1 Å². The molecule has 4 rings (SSSR count). The molecule has 7 nitrogen and oxygen atoms in total. The van der Waals surface area contributed by atoms with Crippen LogP contribution in [0.3, 0.4) is 0 Å². The van der Waals surface area contributed by atoms with Crippen molar-refractivity contribution in [1.29, 1.82) is 0 Å². The van der Waals surface area contributed by atoms with Crippen molar-refractivity contribution in [2.24, 2.45) is 0 Å². The van der Waals surface area contributed by atoms with Crippen LogP contribution in [0, 0.1) is 5.82 Å². The Kier molecular flexibility index (Phi) is 6.89. The van der Waals surface area contributed by atoms with E-state index in [4.69, 9.17) is 9.26 Å². The number of halogens is 1. The largest absolute Gasteiger partial charge is 0.490 e. The number of amides is 1. The highest BCUT2D eigenvalue weighted by Gasteiger charge is 2.20. The number of aromatic nitrogens is 2. The van der Waals surface area contributed by atoms with E-state index >= 15 is 0 Å². The molecule has 0 bridgehead atoms. The fourth-order valence-electron chi connectivity index (χ4n) is 3.56. The summed E-state index contributed by atoms with van der Waals surface area (Å²) >= 11 is 0. The van der Waals surface area contributed by atoms with Crippen molar-refractivity contribution in [2.75, 3.05) is 32.8 Å². The lowest BCUT2D eigenvalue weighted by molar-refractivity contribution is -0.131. The number of nitrogens with zero attached hydrogens (tertiary/aromatic N) is 4. The lowest BCUT2D eigenvalue weighted by Gasteiger charge is -2.21. The lowest BCUT2D eigenvalue weighted by atomic mass is 10.2. The van der Waals surface area contributed by atoms with Gasteiger partial charge in [-0.05, 0) is 30.7 Å². The van der Waals surface area contributed by atoms with Crippen LogP contribution < -0.4 is 4.74 Å². The highest BCUT2D eigenvalue weighted by atomic mass is 19.1. The number of hydrogen-bond acceptors (Lipinski definition) is 6. The summed E-state index contributed by atoms with van der Waals surface area (Å²) in [5, 5.41) is 4.09. The first kappa shape index (κ1) is 21.0. The van der Waals surface area contributed by atoms with Gasteiger partial charge in [0.2, 0.25) is 5.91 Å². The lowest BCUT2D eigenvalue weighted by Crippen LogP contribution is -2.35. The molecule has 0 saturated carbocycles. The molecule has 0 radical (unpaired) electrons. The van der Waals surface area contributed by atoms with Crippen molar-refractivity contribution in [3.8, 4) is 17.2 Å². The second kappa shape index (κ2) is 10.2. The molecule has 0 atom stereocenters. The quantitative estimate of drug-likeness (QED) is 0.579. The van der Waals surface area contributed by atoms with Crippen LogP contribution in [0.1, 0.15) is 18.7 Å². The van der Waals surface area contributed by atoms with E-state index in [9.17, 15) is 9.18 Å².